The Morgan fingerprint density at radius 2 is 1.95 bits per heavy atom. The largest absolute Gasteiger partial charge is 0.349 e. The lowest BCUT2D eigenvalue weighted by atomic mass is 9.78. The molecule has 0 spiro atoms. The lowest BCUT2D eigenvalue weighted by molar-refractivity contribution is -0.128. The highest BCUT2D eigenvalue weighted by atomic mass is 19.1. The number of amides is 1. The van der Waals surface area contributed by atoms with E-state index in [0.717, 1.165) is 25.7 Å². The molecule has 1 aliphatic rings. The summed E-state index contributed by atoms with van der Waals surface area (Å²) in [6.07, 6.45) is 3.82. The molecule has 1 fully saturated rings. The van der Waals surface area contributed by atoms with Crippen molar-refractivity contribution < 1.29 is 13.6 Å². The van der Waals surface area contributed by atoms with Crippen molar-refractivity contribution in [3.8, 4) is 0 Å². The molecule has 1 saturated carbocycles. The zero-order valence-corrected chi connectivity index (χ0v) is 12.2. The van der Waals surface area contributed by atoms with Crippen LogP contribution in [-0.2, 0) is 4.79 Å². The first-order valence-electron chi connectivity index (χ1n) is 7.49. The van der Waals surface area contributed by atoms with E-state index in [-0.39, 0.29) is 23.3 Å². The number of rotatable bonds is 4. The standard InChI is InChI=1S/C16H22F2N2O/c1-10(15-13(17)7-4-8-14(15)18)20-16(21)12-6-3-2-5-11(12)9-19/h4,7-8,10-12H,2-3,5-6,9,19H2,1H3,(H,20,21). The van der Waals surface area contributed by atoms with Gasteiger partial charge in [-0.1, -0.05) is 18.9 Å². The van der Waals surface area contributed by atoms with Gasteiger partial charge in [0.15, 0.2) is 0 Å². The highest BCUT2D eigenvalue weighted by molar-refractivity contribution is 5.79. The maximum Gasteiger partial charge on any atom is 0.223 e. The average molecular weight is 296 g/mol. The molecule has 0 heterocycles. The summed E-state index contributed by atoms with van der Waals surface area (Å²) in [5.41, 5.74) is 5.63. The minimum atomic E-state index is -0.695. The van der Waals surface area contributed by atoms with Crippen molar-refractivity contribution in [1.82, 2.24) is 5.32 Å². The van der Waals surface area contributed by atoms with Gasteiger partial charge in [-0.25, -0.2) is 8.78 Å². The van der Waals surface area contributed by atoms with Gasteiger partial charge >= 0.3 is 0 Å². The van der Waals surface area contributed by atoms with E-state index in [2.05, 4.69) is 5.32 Å². The van der Waals surface area contributed by atoms with E-state index >= 15 is 0 Å². The van der Waals surface area contributed by atoms with Crippen LogP contribution in [0.25, 0.3) is 0 Å². The van der Waals surface area contributed by atoms with Crippen LogP contribution in [0, 0.1) is 23.5 Å². The van der Waals surface area contributed by atoms with Gasteiger partial charge < -0.3 is 11.1 Å². The van der Waals surface area contributed by atoms with Gasteiger partial charge in [0.2, 0.25) is 5.91 Å². The summed E-state index contributed by atoms with van der Waals surface area (Å²) < 4.78 is 27.5. The van der Waals surface area contributed by atoms with Gasteiger partial charge in [-0.15, -0.1) is 0 Å². The topological polar surface area (TPSA) is 55.1 Å². The van der Waals surface area contributed by atoms with Gasteiger partial charge in [0, 0.05) is 11.5 Å². The second-order valence-electron chi connectivity index (χ2n) is 5.75. The smallest absolute Gasteiger partial charge is 0.223 e. The van der Waals surface area contributed by atoms with E-state index in [0.29, 0.717) is 6.54 Å². The number of halogens is 2. The van der Waals surface area contributed by atoms with Crippen molar-refractivity contribution in [2.24, 2.45) is 17.6 Å². The first kappa shape index (κ1) is 15.9. The predicted octanol–water partition coefficient (Wildman–Crippen LogP) is 2.91. The maximum atomic E-state index is 13.7. The SMILES string of the molecule is CC(NC(=O)C1CCCCC1CN)c1c(F)cccc1F. The fourth-order valence-electron chi connectivity index (χ4n) is 3.15. The molecule has 0 aromatic heterocycles. The zero-order chi connectivity index (χ0) is 15.4. The highest BCUT2D eigenvalue weighted by Gasteiger charge is 2.31. The van der Waals surface area contributed by atoms with Crippen molar-refractivity contribution in [3.05, 3.63) is 35.4 Å². The number of hydrogen-bond acceptors (Lipinski definition) is 2. The van der Waals surface area contributed by atoms with E-state index in [1.165, 1.54) is 18.2 Å². The van der Waals surface area contributed by atoms with Gasteiger partial charge in [0.25, 0.3) is 0 Å². The van der Waals surface area contributed by atoms with Gasteiger partial charge in [-0.2, -0.15) is 0 Å². The summed E-state index contributed by atoms with van der Waals surface area (Å²) in [7, 11) is 0. The van der Waals surface area contributed by atoms with E-state index in [1.54, 1.807) is 6.92 Å². The Bertz CT molecular complexity index is 487. The Morgan fingerprint density at radius 3 is 2.57 bits per heavy atom. The Balaban J connectivity index is 2.08. The number of carbonyl (C=O) groups is 1. The van der Waals surface area contributed by atoms with Crippen molar-refractivity contribution in [1.29, 1.82) is 0 Å². The molecule has 3 N–H and O–H groups in total. The molecule has 3 nitrogen and oxygen atoms in total. The quantitative estimate of drug-likeness (QED) is 0.897. The fraction of sp³-hybridized carbons (Fsp3) is 0.562. The number of carbonyl (C=O) groups excluding carboxylic acids is 1. The minimum Gasteiger partial charge on any atom is -0.349 e. The van der Waals surface area contributed by atoms with Crippen LogP contribution in [0.15, 0.2) is 18.2 Å². The van der Waals surface area contributed by atoms with Crippen LogP contribution in [0.2, 0.25) is 0 Å². The van der Waals surface area contributed by atoms with E-state index < -0.39 is 17.7 Å². The zero-order valence-electron chi connectivity index (χ0n) is 12.2. The molecule has 0 radical (unpaired) electrons. The third-order valence-corrected chi connectivity index (χ3v) is 4.34. The van der Waals surface area contributed by atoms with Gasteiger partial charge in [-0.3, -0.25) is 4.79 Å². The molecule has 21 heavy (non-hydrogen) atoms. The number of benzene rings is 1. The normalized spacial score (nSPS) is 23.6. The van der Waals surface area contributed by atoms with Crippen LogP contribution < -0.4 is 11.1 Å². The third kappa shape index (κ3) is 3.59. The molecular formula is C16H22F2N2O. The van der Waals surface area contributed by atoms with Crippen LogP contribution in [0.5, 0.6) is 0 Å². The van der Waals surface area contributed by atoms with Gasteiger partial charge in [0.05, 0.1) is 6.04 Å². The molecule has 1 aromatic carbocycles. The first-order chi connectivity index (χ1) is 10.0. The van der Waals surface area contributed by atoms with Gasteiger partial charge in [-0.05, 0) is 44.4 Å². The van der Waals surface area contributed by atoms with E-state index in [1.807, 2.05) is 0 Å². The molecule has 0 aliphatic heterocycles. The Labute approximate surface area is 123 Å². The molecule has 1 aliphatic carbocycles. The molecular weight excluding hydrogens is 274 g/mol. The van der Waals surface area contributed by atoms with E-state index in [4.69, 9.17) is 5.73 Å². The second kappa shape index (κ2) is 6.98. The fourth-order valence-corrected chi connectivity index (χ4v) is 3.15. The number of nitrogens with two attached hydrogens (primary N) is 1. The summed E-state index contributed by atoms with van der Waals surface area (Å²) in [6, 6.07) is 3.02. The van der Waals surface area contributed by atoms with Crippen LogP contribution in [-0.4, -0.2) is 12.5 Å². The molecule has 116 valence electrons. The highest BCUT2D eigenvalue weighted by Crippen LogP contribution is 2.30. The van der Waals surface area contributed by atoms with E-state index in [9.17, 15) is 13.6 Å². The molecule has 5 heteroatoms. The molecule has 2 rings (SSSR count). The van der Waals surface area contributed by atoms with Crippen LogP contribution in [0.1, 0.15) is 44.2 Å². The molecule has 0 bridgehead atoms. The lowest BCUT2D eigenvalue weighted by Crippen LogP contribution is -2.40. The molecule has 3 unspecified atom stereocenters. The number of hydrogen-bond donors (Lipinski definition) is 2. The summed E-state index contributed by atoms with van der Waals surface area (Å²) >= 11 is 0. The summed E-state index contributed by atoms with van der Waals surface area (Å²) in [4.78, 5) is 12.4. The number of nitrogens with one attached hydrogen (secondary N) is 1. The van der Waals surface area contributed by atoms with Crippen molar-refractivity contribution >= 4 is 5.91 Å². The monoisotopic (exact) mass is 296 g/mol. The minimum absolute atomic E-state index is 0.0917. The summed E-state index contributed by atoms with van der Waals surface area (Å²) in [6.45, 7) is 2.07. The second-order valence-corrected chi connectivity index (χ2v) is 5.75. The summed E-state index contributed by atoms with van der Waals surface area (Å²) in [5, 5.41) is 2.74. The predicted molar refractivity (Wildman–Crippen MR) is 77.4 cm³/mol. The maximum absolute atomic E-state index is 13.7. The third-order valence-electron chi connectivity index (χ3n) is 4.34. The molecule has 1 aromatic rings. The molecule has 1 amide bonds. The van der Waals surface area contributed by atoms with Crippen molar-refractivity contribution in [3.63, 3.8) is 0 Å². The first-order valence-corrected chi connectivity index (χ1v) is 7.49. The van der Waals surface area contributed by atoms with Crippen LogP contribution >= 0.6 is 0 Å². The Morgan fingerprint density at radius 1 is 1.33 bits per heavy atom. The Kier molecular flexibility index (Phi) is 5.28. The molecule has 3 atom stereocenters. The average Bonchev–Trinajstić information content (AvgIpc) is 2.46. The van der Waals surface area contributed by atoms with Gasteiger partial charge in [0.1, 0.15) is 11.6 Å². The van der Waals surface area contributed by atoms with Crippen LogP contribution in [0.3, 0.4) is 0 Å². The Hall–Kier alpha value is -1.49. The summed E-state index contributed by atoms with van der Waals surface area (Å²) in [5.74, 6) is -1.42. The van der Waals surface area contributed by atoms with Crippen molar-refractivity contribution in [2.75, 3.05) is 6.54 Å². The molecule has 0 saturated heterocycles. The lowest BCUT2D eigenvalue weighted by Gasteiger charge is -2.30. The van der Waals surface area contributed by atoms with Crippen LogP contribution in [0.4, 0.5) is 8.78 Å². The van der Waals surface area contributed by atoms with Crippen molar-refractivity contribution in [2.45, 2.75) is 38.6 Å².